The second kappa shape index (κ2) is 10.7. The molecule has 84 valence electrons. The zero-order chi connectivity index (χ0) is 10.6. The lowest BCUT2D eigenvalue weighted by molar-refractivity contribution is 0.521. The highest BCUT2D eigenvalue weighted by molar-refractivity contribution is 4.62. The molecule has 0 aromatic rings. The first kappa shape index (κ1) is 13.6. The number of hydrogen-bond donors (Lipinski definition) is 0. The summed E-state index contributed by atoms with van der Waals surface area (Å²) in [7, 11) is 0. The molecule has 0 aliphatic rings. The van der Waals surface area contributed by atoms with Crippen molar-refractivity contribution in [3.63, 3.8) is 0 Å². The fraction of sp³-hybridized carbons (Fsp3) is 1.00. The predicted molar refractivity (Wildman–Crippen MR) is 62.5 cm³/mol. The average molecular weight is 199 g/mol. The van der Waals surface area contributed by atoms with Crippen molar-refractivity contribution in [2.75, 3.05) is 0 Å². The van der Waals surface area contributed by atoms with Crippen LogP contribution in [-0.4, -0.2) is 6.04 Å². The van der Waals surface area contributed by atoms with Gasteiger partial charge in [0.1, 0.15) is 0 Å². The zero-order valence-electron chi connectivity index (χ0n) is 9.80. The number of nitroso groups, excluding NO2 is 1. The Bertz CT molecular complexity index is 125. The number of rotatable bonds is 10. The molecule has 0 heterocycles. The van der Waals surface area contributed by atoms with E-state index in [1.807, 2.05) is 6.92 Å². The summed E-state index contributed by atoms with van der Waals surface area (Å²) in [5.74, 6) is 0. The van der Waals surface area contributed by atoms with Crippen LogP contribution < -0.4 is 0 Å². The molecule has 0 radical (unpaired) electrons. The van der Waals surface area contributed by atoms with E-state index in [-0.39, 0.29) is 6.04 Å². The third-order valence-corrected chi connectivity index (χ3v) is 2.76. The van der Waals surface area contributed by atoms with Crippen LogP contribution in [0.25, 0.3) is 0 Å². The number of unbranched alkanes of at least 4 members (excludes halogenated alkanes) is 6. The molecule has 0 saturated heterocycles. The normalized spacial score (nSPS) is 12.7. The molecule has 2 heteroatoms. The van der Waals surface area contributed by atoms with Crippen LogP contribution in [0.2, 0.25) is 0 Å². The van der Waals surface area contributed by atoms with Gasteiger partial charge in [-0.2, -0.15) is 4.91 Å². The van der Waals surface area contributed by atoms with Crippen molar-refractivity contribution in [1.82, 2.24) is 0 Å². The lowest BCUT2D eigenvalue weighted by Gasteiger charge is -2.05. The molecule has 1 unspecified atom stereocenters. The maximum atomic E-state index is 10.3. The molecule has 0 aromatic heterocycles. The quantitative estimate of drug-likeness (QED) is 0.371. The van der Waals surface area contributed by atoms with E-state index in [1.165, 1.54) is 44.9 Å². The fourth-order valence-electron chi connectivity index (χ4n) is 1.67. The van der Waals surface area contributed by atoms with Crippen molar-refractivity contribution in [2.45, 2.75) is 77.7 Å². The topological polar surface area (TPSA) is 29.4 Å². The maximum Gasteiger partial charge on any atom is 0.0917 e. The van der Waals surface area contributed by atoms with Gasteiger partial charge in [-0.1, -0.05) is 64.0 Å². The van der Waals surface area contributed by atoms with E-state index in [0.29, 0.717) is 0 Å². The van der Waals surface area contributed by atoms with Gasteiger partial charge in [0.05, 0.1) is 6.04 Å². The number of nitrogens with zero attached hydrogens (tertiary/aromatic N) is 1. The van der Waals surface area contributed by atoms with Crippen molar-refractivity contribution in [3.05, 3.63) is 4.91 Å². The van der Waals surface area contributed by atoms with E-state index in [1.54, 1.807) is 0 Å². The Labute approximate surface area is 88.4 Å². The Morgan fingerprint density at radius 1 is 0.929 bits per heavy atom. The van der Waals surface area contributed by atoms with E-state index >= 15 is 0 Å². The van der Waals surface area contributed by atoms with Crippen LogP contribution in [0.1, 0.15) is 71.6 Å². The van der Waals surface area contributed by atoms with E-state index in [4.69, 9.17) is 0 Å². The van der Waals surface area contributed by atoms with Gasteiger partial charge in [0, 0.05) is 0 Å². The second-order valence-corrected chi connectivity index (χ2v) is 4.08. The predicted octanol–water partition coefficient (Wildman–Crippen LogP) is 4.67. The molecule has 1 atom stereocenters. The molecular weight excluding hydrogens is 174 g/mol. The van der Waals surface area contributed by atoms with Gasteiger partial charge < -0.3 is 0 Å². The first-order valence-corrected chi connectivity index (χ1v) is 6.17. The summed E-state index contributed by atoms with van der Waals surface area (Å²) in [5.41, 5.74) is 0. The lowest BCUT2D eigenvalue weighted by Crippen LogP contribution is -2.00. The first-order chi connectivity index (χ1) is 6.85. The standard InChI is InChI=1S/C12H25NO/c1-3-5-6-7-8-9-10-11-12(4-2)13-14/h12H,3-11H2,1-2H3. The van der Waals surface area contributed by atoms with Gasteiger partial charge in [0.2, 0.25) is 0 Å². The first-order valence-electron chi connectivity index (χ1n) is 6.17. The van der Waals surface area contributed by atoms with Crippen LogP contribution in [0.4, 0.5) is 0 Å². The van der Waals surface area contributed by atoms with Crippen molar-refractivity contribution >= 4 is 0 Å². The summed E-state index contributed by atoms with van der Waals surface area (Å²) >= 11 is 0. The Hall–Kier alpha value is -0.400. The van der Waals surface area contributed by atoms with Gasteiger partial charge in [0.15, 0.2) is 0 Å². The summed E-state index contributed by atoms with van der Waals surface area (Å²) in [6.07, 6.45) is 11.1. The molecular formula is C12H25NO. The van der Waals surface area contributed by atoms with Gasteiger partial charge in [0.25, 0.3) is 0 Å². The van der Waals surface area contributed by atoms with Gasteiger partial charge in [-0.25, -0.2) is 0 Å². The third kappa shape index (κ3) is 8.21. The molecule has 14 heavy (non-hydrogen) atoms. The summed E-state index contributed by atoms with van der Waals surface area (Å²) in [6, 6.07) is 0.0747. The molecule has 0 fully saturated rings. The molecule has 0 amide bonds. The molecule has 0 bridgehead atoms. The van der Waals surface area contributed by atoms with Crippen molar-refractivity contribution in [2.24, 2.45) is 5.18 Å². The minimum Gasteiger partial charge on any atom is -0.151 e. The fourth-order valence-corrected chi connectivity index (χ4v) is 1.67. The minimum absolute atomic E-state index is 0.0747. The van der Waals surface area contributed by atoms with Crippen LogP contribution >= 0.6 is 0 Å². The summed E-state index contributed by atoms with van der Waals surface area (Å²) in [4.78, 5) is 10.3. The smallest absolute Gasteiger partial charge is 0.0917 e. The summed E-state index contributed by atoms with van der Waals surface area (Å²) < 4.78 is 0. The van der Waals surface area contributed by atoms with Crippen molar-refractivity contribution in [1.29, 1.82) is 0 Å². The van der Waals surface area contributed by atoms with E-state index < -0.39 is 0 Å². The molecule has 0 aliphatic heterocycles. The molecule has 0 N–H and O–H groups in total. The Morgan fingerprint density at radius 3 is 2.00 bits per heavy atom. The molecule has 0 aromatic carbocycles. The zero-order valence-corrected chi connectivity index (χ0v) is 9.80. The van der Waals surface area contributed by atoms with Gasteiger partial charge in [-0.15, -0.1) is 0 Å². The van der Waals surface area contributed by atoms with Crippen molar-refractivity contribution < 1.29 is 0 Å². The largest absolute Gasteiger partial charge is 0.151 e. The van der Waals surface area contributed by atoms with Gasteiger partial charge >= 0.3 is 0 Å². The minimum atomic E-state index is 0.0747. The SMILES string of the molecule is CCCCCCCCCC(CC)N=O. The monoisotopic (exact) mass is 199 g/mol. The highest BCUT2D eigenvalue weighted by atomic mass is 16.3. The van der Waals surface area contributed by atoms with Crippen molar-refractivity contribution in [3.8, 4) is 0 Å². The van der Waals surface area contributed by atoms with Gasteiger partial charge in [-0.05, 0) is 12.8 Å². The highest BCUT2D eigenvalue weighted by Crippen LogP contribution is 2.12. The van der Waals surface area contributed by atoms with E-state index in [2.05, 4.69) is 12.1 Å². The summed E-state index contributed by atoms with van der Waals surface area (Å²) in [6.45, 7) is 4.27. The molecule has 0 aliphatic carbocycles. The molecule has 2 nitrogen and oxygen atoms in total. The molecule has 0 rings (SSSR count). The highest BCUT2D eigenvalue weighted by Gasteiger charge is 2.03. The Morgan fingerprint density at radius 2 is 1.50 bits per heavy atom. The van der Waals surface area contributed by atoms with Crippen LogP contribution in [0.3, 0.4) is 0 Å². The second-order valence-electron chi connectivity index (χ2n) is 4.08. The Balaban J connectivity index is 3.08. The van der Waals surface area contributed by atoms with E-state index in [0.717, 1.165) is 12.8 Å². The molecule has 0 spiro atoms. The number of hydrogen-bond acceptors (Lipinski definition) is 2. The lowest BCUT2D eigenvalue weighted by atomic mass is 10.0. The van der Waals surface area contributed by atoms with Crippen LogP contribution in [0.5, 0.6) is 0 Å². The molecule has 0 saturated carbocycles. The third-order valence-electron chi connectivity index (χ3n) is 2.76. The average Bonchev–Trinajstić information content (AvgIpc) is 2.22. The maximum absolute atomic E-state index is 10.3. The van der Waals surface area contributed by atoms with E-state index in [9.17, 15) is 4.91 Å². The summed E-state index contributed by atoms with van der Waals surface area (Å²) in [5, 5.41) is 3.10. The van der Waals surface area contributed by atoms with Crippen LogP contribution in [0, 0.1) is 4.91 Å². The Kier molecular flexibility index (Phi) is 10.4. The van der Waals surface area contributed by atoms with Gasteiger partial charge in [-0.3, -0.25) is 0 Å². The van der Waals surface area contributed by atoms with Crippen LogP contribution in [-0.2, 0) is 0 Å². The van der Waals surface area contributed by atoms with Crippen LogP contribution in [0.15, 0.2) is 5.18 Å².